The van der Waals surface area contributed by atoms with Crippen molar-refractivity contribution >= 4 is 0 Å². The molecule has 0 radical (unpaired) electrons. The lowest BCUT2D eigenvalue weighted by molar-refractivity contribution is 0.217. The molecule has 2 heteroatoms. The van der Waals surface area contributed by atoms with Crippen LogP contribution < -0.4 is 5.32 Å². The van der Waals surface area contributed by atoms with Crippen LogP contribution in [0, 0.1) is 5.92 Å². The van der Waals surface area contributed by atoms with Crippen LogP contribution in [-0.4, -0.2) is 37.6 Å². The van der Waals surface area contributed by atoms with E-state index in [1.165, 1.54) is 58.2 Å². The third-order valence-electron chi connectivity index (χ3n) is 4.09. The molecule has 1 fully saturated rings. The molecule has 1 heterocycles. The van der Waals surface area contributed by atoms with Gasteiger partial charge in [0.1, 0.15) is 0 Å². The molecule has 1 aliphatic rings. The molecule has 0 spiro atoms. The molecule has 96 valence electrons. The largest absolute Gasteiger partial charge is 0.316 e. The maximum atomic E-state index is 3.50. The molecule has 0 aromatic heterocycles. The first kappa shape index (κ1) is 14.0. The van der Waals surface area contributed by atoms with Crippen molar-refractivity contribution in [3.63, 3.8) is 0 Å². The van der Waals surface area contributed by atoms with E-state index in [9.17, 15) is 0 Å². The summed E-state index contributed by atoms with van der Waals surface area (Å²) in [5, 5.41) is 3.50. The molecule has 1 N–H and O–H groups in total. The summed E-state index contributed by atoms with van der Waals surface area (Å²) >= 11 is 0. The van der Waals surface area contributed by atoms with Crippen LogP contribution in [0.3, 0.4) is 0 Å². The average Bonchev–Trinajstić information content (AvgIpc) is 2.32. The fourth-order valence-electron chi connectivity index (χ4n) is 2.89. The van der Waals surface area contributed by atoms with Crippen molar-refractivity contribution in [2.24, 2.45) is 5.92 Å². The molecule has 1 atom stereocenters. The van der Waals surface area contributed by atoms with Crippen LogP contribution in [0.5, 0.6) is 0 Å². The molecule has 0 amide bonds. The van der Waals surface area contributed by atoms with Gasteiger partial charge in [0.15, 0.2) is 0 Å². The van der Waals surface area contributed by atoms with E-state index in [2.05, 4.69) is 31.1 Å². The average molecular weight is 226 g/mol. The lowest BCUT2D eigenvalue weighted by Crippen LogP contribution is -2.33. The van der Waals surface area contributed by atoms with E-state index in [0.29, 0.717) is 0 Å². The number of piperidine rings is 1. The highest BCUT2D eigenvalue weighted by Crippen LogP contribution is 2.16. The minimum Gasteiger partial charge on any atom is -0.316 e. The lowest BCUT2D eigenvalue weighted by Gasteiger charge is -2.27. The van der Waals surface area contributed by atoms with Crippen molar-refractivity contribution in [3.05, 3.63) is 0 Å². The number of nitrogens with zero attached hydrogens (tertiary/aromatic N) is 1. The summed E-state index contributed by atoms with van der Waals surface area (Å²) in [7, 11) is 2.29. The molecule has 1 aliphatic heterocycles. The van der Waals surface area contributed by atoms with Crippen LogP contribution in [0.4, 0.5) is 0 Å². The summed E-state index contributed by atoms with van der Waals surface area (Å²) in [6.45, 7) is 8.38. The highest BCUT2D eigenvalue weighted by Gasteiger charge is 2.14. The Balaban J connectivity index is 2.09. The summed E-state index contributed by atoms with van der Waals surface area (Å²) < 4.78 is 0. The second-order valence-electron chi connectivity index (χ2n) is 5.31. The van der Waals surface area contributed by atoms with E-state index in [1.54, 1.807) is 0 Å². The molecule has 1 saturated heterocycles. The van der Waals surface area contributed by atoms with Crippen LogP contribution in [0.25, 0.3) is 0 Å². The highest BCUT2D eigenvalue weighted by atomic mass is 15.1. The zero-order chi connectivity index (χ0) is 11.8. The molecule has 0 aromatic carbocycles. The summed E-state index contributed by atoms with van der Waals surface area (Å²) in [6, 6.07) is 0.796. The first-order chi connectivity index (χ1) is 7.77. The molecule has 0 saturated carbocycles. The molecule has 2 nitrogen and oxygen atoms in total. The van der Waals surface area contributed by atoms with Gasteiger partial charge in [-0.1, -0.05) is 13.8 Å². The fraction of sp³-hybridized carbons (Fsp3) is 1.00. The Morgan fingerprint density at radius 1 is 1.31 bits per heavy atom. The van der Waals surface area contributed by atoms with Gasteiger partial charge in [0, 0.05) is 6.04 Å². The van der Waals surface area contributed by atoms with E-state index >= 15 is 0 Å². The Bertz CT molecular complexity index is 160. The van der Waals surface area contributed by atoms with Crippen molar-refractivity contribution < 1.29 is 0 Å². The van der Waals surface area contributed by atoms with Gasteiger partial charge < -0.3 is 10.2 Å². The maximum absolute atomic E-state index is 3.50. The second kappa shape index (κ2) is 8.08. The molecule has 0 aliphatic carbocycles. The van der Waals surface area contributed by atoms with Crippen molar-refractivity contribution in [3.8, 4) is 0 Å². The van der Waals surface area contributed by atoms with Crippen molar-refractivity contribution in [1.82, 2.24) is 10.2 Å². The van der Waals surface area contributed by atoms with Crippen LogP contribution >= 0.6 is 0 Å². The summed E-state index contributed by atoms with van der Waals surface area (Å²) in [4.78, 5) is 2.55. The minimum absolute atomic E-state index is 0.796. The molecule has 0 aromatic rings. The maximum Gasteiger partial charge on any atom is 0.00869 e. The Morgan fingerprint density at radius 3 is 2.62 bits per heavy atom. The molecular formula is C14H30N2. The number of nitrogens with one attached hydrogen (secondary N) is 1. The van der Waals surface area contributed by atoms with E-state index < -0.39 is 0 Å². The van der Waals surface area contributed by atoms with Crippen LogP contribution in [0.15, 0.2) is 0 Å². The quantitative estimate of drug-likeness (QED) is 0.718. The van der Waals surface area contributed by atoms with E-state index in [1.807, 2.05) is 0 Å². The summed E-state index contributed by atoms with van der Waals surface area (Å²) in [5.74, 6) is 0.948. The molecule has 1 unspecified atom stereocenters. The van der Waals surface area contributed by atoms with Gasteiger partial charge in [0.25, 0.3) is 0 Å². The van der Waals surface area contributed by atoms with E-state index in [4.69, 9.17) is 0 Å². The smallest absolute Gasteiger partial charge is 0.00869 e. The van der Waals surface area contributed by atoms with Crippen molar-refractivity contribution in [2.75, 3.05) is 26.7 Å². The van der Waals surface area contributed by atoms with Gasteiger partial charge >= 0.3 is 0 Å². The first-order valence-electron chi connectivity index (χ1n) is 7.18. The van der Waals surface area contributed by atoms with Crippen molar-refractivity contribution in [1.29, 1.82) is 0 Å². The fourth-order valence-corrected chi connectivity index (χ4v) is 2.89. The number of rotatable bonds is 7. The number of hydrogen-bond donors (Lipinski definition) is 1. The topological polar surface area (TPSA) is 15.3 Å². The molecular weight excluding hydrogens is 196 g/mol. The van der Waals surface area contributed by atoms with E-state index in [0.717, 1.165) is 12.0 Å². The summed E-state index contributed by atoms with van der Waals surface area (Å²) in [6.07, 6.45) is 8.20. The summed E-state index contributed by atoms with van der Waals surface area (Å²) in [5.41, 5.74) is 0. The Labute approximate surface area is 102 Å². The zero-order valence-electron chi connectivity index (χ0n) is 11.5. The van der Waals surface area contributed by atoms with E-state index in [-0.39, 0.29) is 0 Å². The van der Waals surface area contributed by atoms with Gasteiger partial charge in [-0.05, 0) is 71.1 Å². The van der Waals surface area contributed by atoms with Crippen molar-refractivity contribution in [2.45, 2.75) is 58.4 Å². The predicted octanol–water partition coefficient (Wildman–Crippen LogP) is 2.89. The first-order valence-corrected chi connectivity index (χ1v) is 7.18. The molecule has 16 heavy (non-hydrogen) atoms. The van der Waals surface area contributed by atoms with Gasteiger partial charge in [-0.3, -0.25) is 0 Å². The predicted molar refractivity (Wildman–Crippen MR) is 71.8 cm³/mol. The van der Waals surface area contributed by atoms with Crippen LogP contribution in [0.2, 0.25) is 0 Å². The van der Waals surface area contributed by atoms with Crippen LogP contribution in [0.1, 0.15) is 52.4 Å². The lowest BCUT2D eigenvalue weighted by atomic mass is 9.94. The molecule has 1 rings (SSSR count). The minimum atomic E-state index is 0.796. The SMILES string of the molecule is CCC(CC)N(C)CCCC1CCCNC1. The van der Waals surface area contributed by atoms with Gasteiger partial charge in [-0.25, -0.2) is 0 Å². The van der Waals surface area contributed by atoms with Gasteiger partial charge in [-0.15, -0.1) is 0 Å². The van der Waals surface area contributed by atoms with Gasteiger partial charge in [-0.2, -0.15) is 0 Å². The zero-order valence-corrected chi connectivity index (χ0v) is 11.5. The molecule has 0 bridgehead atoms. The number of hydrogen-bond acceptors (Lipinski definition) is 2. The third kappa shape index (κ3) is 4.84. The Kier molecular flexibility index (Phi) is 7.06. The second-order valence-corrected chi connectivity index (χ2v) is 5.31. The Hall–Kier alpha value is -0.0800. The normalized spacial score (nSPS) is 21.9. The monoisotopic (exact) mass is 226 g/mol. The Morgan fingerprint density at radius 2 is 2.06 bits per heavy atom. The van der Waals surface area contributed by atoms with Crippen LogP contribution in [-0.2, 0) is 0 Å². The highest BCUT2D eigenvalue weighted by molar-refractivity contribution is 4.71. The van der Waals surface area contributed by atoms with Gasteiger partial charge in [0.2, 0.25) is 0 Å². The van der Waals surface area contributed by atoms with Gasteiger partial charge in [0.05, 0.1) is 0 Å². The third-order valence-corrected chi connectivity index (χ3v) is 4.09. The standard InChI is InChI=1S/C14H30N2/c1-4-14(5-2)16(3)11-7-9-13-8-6-10-15-12-13/h13-15H,4-12H2,1-3H3.